The molecule has 0 aromatic carbocycles. The molecule has 6 heteroatoms. The van der Waals surface area contributed by atoms with E-state index in [1.54, 1.807) is 0 Å². The smallest absolute Gasteiger partial charge is 0.334 e. The van der Waals surface area contributed by atoms with Crippen molar-refractivity contribution in [2.24, 2.45) is 0 Å². The van der Waals surface area contributed by atoms with Crippen LogP contribution in [0.1, 0.15) is 52.4 Å². The van der Waals surface area contributed by atoms with Gasteiger partial charge in [0.25, 0.3) is 0 Å². The van der Waals surface area contributed by atoms with Crippen LogP contribution in [0.3, 0.4) is 0 Å². The standard InChI is InChI=1S/C19H33NO5/c1-4-6-8-17(7-5-2)25-18(21)15-16(3)19(22)24-14-11-20-9-12-23-13-10-20/h17H,3-15H2,1-2H3. The lowest BCUT2D eigenvalue weighted by Crippen LogP contribution is -2.38. The summed E-state index contributed by atoms with van der Waals surface area (Å²) in [6.07, 6.45) is 4.61. The van der Waals surface area contributed by atoms with E-state index in [-0.39, 0.29) is 18.1 Å². The maximum absolute atomic E-state index is 12.0. The molecule has 1 heterocycles. The molecule has 6 nitrogen and oxygen atoms in total. The number of ether oxygens (including phenoxy) is 3. The molecule has 1 saturated heterocycles. The number of carbonyl (C=O) groups is 2. The summed E-state index contributed by atoms with van der Waals surface area (Å²) >= 11 is 0. The lowest BCUT2D eigenvalue weighted by Gasteiger charge is -2.26. The highest BCUT2D eigenvalue weighted by molar-refractivity contribution is 5.93. The molecule has 25 heavy (non-hydrogen) atoms. The Morgan fingerprint density at radius 1 is 1.16 bits per heavy atom. The van der Waals surface area contributed by atoms with Gasteiger partial charge in [0.15, 0.2) is 0 Å². The van der Waals surface area contributed by atoms with Crippen molar-refractivity contribution in [3.05, 3.63) is 12.2 Å². The number of hydrogen-bond donors (Lipinski definition) is 0. The van der Waals surface area contributed by atoms with Crippen LogP contribution < -0.4 is 0 Å². The van der Waals surface area contributed by atoms with E-state index < -0.39 is 11.9 Å². The summed E-state index contributed by atoms with van der Waals surface area (Å²) in [5, 5.41) is 0. The van der Waals surface area contributed by atoms with Gasteiger partial charge < -0.3 is 14.2 Å². The van der Waals surface area contributed by atoms with Crippen molar-refractivity contribution in [3.63, 3.8) is 0 Å². The van der Waals surface area contributed by atoms with Crippen molar-refractivity contribution >= 4 is 11.9 Å². The van der Waals surface area contributed by atoms with Gasteiger partial charge in [-0.25, -0.2) is 4.79 Å². The molecular weight excluding hydrogens is 322 g/mol. The zero-order valence-corrected chi connectivity index (χ0v) is 15.8. The molecule has 0 N–H and O–H groups in total. The molecule has 0 spiro atoms. The number of rotatable bonds is 12. The molecule has 0 amide bonds. The molecule has 144 valence electrons. The molecule has 1 atom stereocenters. The summed E-state index contributed by atoms with van der Waals surface area (Å²) in [5.41, 5.74) is 0.151. The van der Waals surface area contributed by atoms with Crippen LogP contribution in [-0.4, -0.2) is 62.4 Å². The summed E-state index contributed by atoms with van der Waals surface area (Å²) in [6.45, 7) is 11.9. The largest absolute Gasteiger partial charge is 0.462 e. The predicted octanol–water partition coefficient (Wildman–Crippen LogP) is 2.71. The highest BCUT2D eigenvalue weighted by atomic mass is 16.5. The Kier molecular flexibility index (Phi) is 11.2. The topological polar surface area (TPSA) is 65.1 Å². The summed E-state index contributed by atoms with van der Waals surface area (Å²) < 4.78 is 15.9. The normalized spacial score (nSPS) is 16.2. The second-order valence-electron chi connectivity index (χ2n) is 6.41. The van der Waals surface area contributed by atoms with E-state index in [1.807, 2.05) is 0 Å². The number of carbonyl (C=O) groups excluding carboxylic acids is 2. The Hall–Kier alpha value is -1.40. The summed E-state index contributed by atoms with van der Waals surface area (Å²) in [6, 6.07) is 0. The average Bonchev–Trinajstić information content (AvgIpc) is 2.60. The van der Waals surface area contributed by atoms with E-state index in [9.17, 15) is 9.59 Å². The van der Waals surface area contributed by atoms with Crippen LogP contribution in [0.4, 0.5) is 0 Å². The Labute approximate surface area is 151 Å². The Bertz CT molecular complexity index is 418. The highest BCUT2D eigenvalue weighted by Gasteiger charge is 2.18. The van der Waals surface area contributed by atoms with E-state index in [4.69, 9.17) is 14.2 Å². The molecule has 0 radical (unpaired) electrons. The van der Waals surface area contributed by atoms with Crippen molar-refractivity contribution < 1.29 is 23.8 Å². The molecule has 0 aliphatic carbocycles. The number of morpholine rings is 1. The Morgan fingerprint density at radius 2 is 1.88 bits per heavy atom. The third-order valence-electron chi connectivity index (χ3n) is 4.18. The minimum atomic E-state index is -0.522. The van der Waals surface area contributed by atoms with Gasteiger partial charge in [0, 0.05) is 25.2 Å². The summed E-state index contributed by atoms with van der Waals surface area (Å²) in [5.74, 6) is -0.921. The predicted molar refractivity (Wildman–Crippen MR) is 96.3 cm³/mol. The zero-order chi connectivity index (χ0) is 18.5. The summed E-state index contributed by atoms with van der Waals surface area (Å²) in [7, 11) is 0. The third-order valence-corrected chi connectivity index (χ3v) is 4.18. The van der Waals surface area contributed by atoms with E-state index >= 15 is 0 Å². The zero-order valence-electron chi connectivity index (χ0n) is 15.8. The molecule has 0 aromatic rings. The lowest BCUT2D eigenvalue weighted by atomic mass is 10.1. The van der Waals surface area contributed by atoms with Crippen LogP contribution >= 0.6 is 0 Å². The molecule has 0 aromatic heterocycles. The second kappa shape index (κ2) is 12.9. The fourth-order valence-electron chi connectivity index (χ4n) is 2.68. The third kappa shape index (κ3) is 9.60. The van der Waals surface area contributed by atoms with Gasteiger partial charge in [0.2, 0.25) is 0 Å². The van der Waals surface area contributed by atoms with Gasteiger partial charge in [0.05, 0.1) is 19.6 Å². The molecule has 1 aliphatic heterocycles. The van der Waals surface area contributed by atoms with Gasteiger partial charge in [0.1, 0.15) is 12.7 Å². The van der Waals surface area contributed by atoms with E-state index in [2.05, 4.69) is 25.3 Å². The van der Waals surface area contributed by atoms with Gasteiger partial charge in [-0.05, 0) is 12.8 Å². The Balaban J connectivity index is 2.25. The monoisotopic (exact) mass is 355 g/mol. The lowest BCUT2D eigenvalue weighted by molar-refractivity contribution is -0.151. The van der Waals surface area contributed by atoms with Gasteiger partial charge in [-0.3, -0.25) is 9.69 Å². The molecule has 0 saturated carbocycles. The highest BCUT2D eigenvalue weighted by Crippen LogP contribution is 2.13. The first-order valence-corrected chi connectivity index (χ1v) is 9.41. The van der Waals surface area contributed by atoms with Crippen molar-refractivity contribution in [1.82, 2.24) is 4.90 Å². The van der Waals surface area contributed by atoms with Crippen LogP contribution in [-0.2, 0) is 23.8 Å². The van der Waals surface area contributed by atoms with Crippen LogP contribution in [0, 0.1) is 0 Å². The van der Waals surface area contributed by atoms with E-state index in [0.29, 0.717) is 26.4 Å². The molecule has 1 fully saturated rings. The quantitative estimate of drug-likeness (QED) is 0.396. The minimum absolute atomic E-state index is 0.0670. The van der Waals surface area contributed by atoms with Crippen LogP contribution in [0.25, 0.3) is 0 Å². The molecule has 1 aliphatic rings. The van der Waals surface area contributed by atoms with Crippen molar-refractivity contribution in [2.75, 3.05) is 39.5 Å². The molecule has 0 bridgehead atoms. The van der Waals surface area contributed by atoms with Crippen LogP contribution in [0.2, 0.25) is 0 Å². The molecule has 1 unspecified atom stereocenters. The fraction of sp³-hybridized carbons (Fsp3) is 0.789. The van der Waals surface area contributed by atoms with Gasteiger partial charge >= 0.3 is 11.9 Å². The maximum atomic E-state index is 12.0. The van der Waals surface area contributed by atoms with Gasteiger partial charge in [-0.15, -0.1) is 0 Å². The number of unbranched alkanes of at least 4 members (excludes halogenated alkanes) is 1. The van der Waals surface area contributed by atoms with Crippen molar-refractivity contribution in [1.29, 1.82) is 0 Å². The van der Waals surface area contributed by atoms with Gasteiger partial charge in [-0.1, -0.05) is 39.7 Å². The van der Waals surface area contributed by atoms with Crippen molar-refractivity contribution in [3.8, 4) is 0 Å². The second-order valence-corrected chi connectivity index (χ2v) is 6.41. The first kappa shape index (κ1) is 21.6. The molecular formula is C19H33NO5. The van der Waals surface area contributed by atoms with Gasteiger partial charge in [-0.2, -0.15) is 0 Å². The van der Waals surface area contributed by atoms with Crippen LogP contribution in [0.5, 0.6) is 0 Å². The minimum Gasteiger partial charge on any atom is -0.462 e. The first-order valence-electron chi connectivity index (χ1n) is 9.41. The number of esters is 2. The van der Waals surface area contributed by atoms with E-state index in [0.717, 1.165) is 45.2 Å². The Morgan fingerprint density at radius 3 is 2.52 bits per heavy atom. The van der Waals surface area contributed by atoms with Crippen LogP contribution in [0.15, 0.2) is 12.2 Å². The fourth-order valence-corrected chi connectivity index (χ4v) is 2.68. The average molecular weight is 355 g/mol. The number of hydrogen-bond acceptors (Lipinski definition) is 6. The van der Waals surface area contributed by atoms with E-state index in [1.165, 1.54) is 0 Å². The van der Waals surface area contributed by atoms with Crippen molar-refractivity contribution in [2.45, 2.75) is 58.5 Å². The molecule has 1 rings (SSSR count). The SMILES string of the molecule is C=C(CC(=O)OC(CCC)CCCC)C(=O)OCCN1CCOCC1. The maximum Gasteiger partial charge on any atom is 0.334 e. The number of nitrogens with zero attached hydrogens (tertiary/aromatic N) is 1. The summed E-state index contributed by atoms with van der Waals surface area (Å²) in [4.78, 5) is 26.1. The first-order chi connectivity index (χ1) is 12.1.